The van der Waals surface area contributed by atoms with Gasteiger partial charge >= 0.3 is 0 Å². The number of nitro groups is 1. The van der Waals surface area contributed by atoms with Crippen molar-refractivity contribution in [1.29, 1.82) is 0 Å². The van der Waals surface area contributed by atoms with E-state index >= 15 is 0 Å². The van der Waals surface area contributed by atoms with E-state index in [4.69, 9.17) is 0 Å². The van der Waals surface area contributed by atoms with E-state index in [1.807, 2.05) is 36.6 Å². The summed E-state index contributed by atoms with van der Waals surface area (Å²) in [6, 6.07) is 11.9. The molecule has 0 radical (unpaired) electrons. The Morgan fingerprint density at radius 1 is 1.29 bits per heavy atom. The van der Waals surface area contributed by atoms with Gasteiger partial charge in [0, 0.05) is 34.8 Å². The molecule has 0 spiro atoms. The van der Waals surface area contributed by atoms with E-state index in [-0.39, 0.29) is 12.1 Å². The lowest BCUT2D eigenvalue weighted by Crippen LogP contribution is -2.20. The van der Waals surface area contributed by atoms with Crippen LogP contribution in [0.5, 0.6) is 0 Å². The molecule has 2 heterocycles. The second-order valence-corrected chi connectivity index (χ2v) is 6.23. The molecule has 0 unspecified atom stereocenters. The molecule has 0 bridgehead atoms. The van der Waals surface area contributed by atoms with Crippen molar-refractivity contribution in [2.45, 2.75) is 20.3 Å². The monoisotopic (exact) mass is 377 g/mol. The highest BCUT2D eigenvalue weighted by atomic mass is 16.6. The zero-order chi connectivity index (χ0) is 20.1. The Bertz CT molecular complexity index is 1040. The fourth-order valence-corrected chi connectivity index (χ4v) is 3.03. The molecule has 2 aromatic heterocycles. The summed E-state index contributed by atoms with van der Waals surface area (Å²) in [6.07, 6.45) is 4.93. The van der Waals surface area contributed by atoms with Crippen molar-refractivity contribution in [3.05, 3.63) is 87.5 Å². The van der Waals surface area contributed by atoms with E-state index in [2.05, 4.69) is 15.5 Å². The molecule has 3 aromatic rings. The van der Waals surface area contributed by atoms with Crippen LogP contribution in [0.3, 0.4) is 0 Å². The van der Waals surface area contributed by atoms with Gasteiger partial charge in [-0.3, -0.25) is 19.9 Å². The van der Waals surface area contributed by atoms with Crippen LogP contribution in [0.1, 0.15) is 22.5 Å². The topological polar surface area (TPSA) is 102 Å². The van der Waals surface area contributed by atoms with E-state index in [0.29, 0.717) is 5.56 Å². The van der Waals surface area contributed by atoms with E-state index in [1.165, 1.54) is 6.07 Å². The lowest BCUT2D eigenvalue weighted by molar-refractivity contribution is -0.385. The number of aromatic nitrogens is 2. The Hall–Kier alpha value is -3.81. The van der Waals surface area contributed by atoms with Crippen LogP contribution in [-0.4, -0.2) is 26.6 Å². The normalized spacial score (nSPS) is 10.9. The van der Waals surface area contributed by atoms with E-state index in [0.717, 1.165) is 22.6 Å². The Balaban J connectivity index is 1.70. The molecule has 0 saturated carbocycles. The smallest absolute Gasteiger partial charge is 0.273 e. The number of para-hydroxylation sites is 1. The number of carbonyl (C=O) groups is 1. The molecule has 0 aliphatic carbocycles. The van der Waals surface area contributed by atoms with Crippen LogP contribution < -0.4 is 5.43 Å². The molecule has 0 aliphatic heterocycles. The number of hydrogen-bond acceptors (Lipinski definition) is 5. The second kappa shape index (κ2) is 8.26. The molecule has 142 valence electrons. The molecule has 28 heavy (non-hydrogen) atoms. The fourth-order valence-electron chi connectivity index (χ4n) is 3.03. The highest BCUT2D eigenvalue weighted by Crippen LogP contribution is 2.19. The molecular weight excluding hydrogens is 358 g/mol. The number of amides is 1. The Morgan fingerprint density at radius 3 is 2.79 bits per heavy atom. The van der Waals surface area contributed by atoms with Crippen LogP contribution in [0.25, 0.3) is 5.69 Å². The summed E-state index contributed by atoms with van der Waals surface area (Å²) in [6.45, 7) is 3.93. The number of hydrazone groups is 1. The van der Waals surface area contributed by atoms with Crippen molar-refractivity contribution in [3.8, 4) is 5.69 Å². The zero-order valence-electron chi connectivity index (χ0n) is 15.5. The molecular formula is C20H19N5O3. The van der Waals surface area contributed by atoms with Crippen molar-refractivity contribution in [2.75, 3.05) is 0 Å². The highest BCUT2D eigenvalue weighted by Gasteiger charge is 2.15. The third-order valence-electron chi connectivity index (χ3n) is 4.31. The van der Waals surface area contributed by atoms with Gasteiger partial charge in [-0.1, -0.05) is 18.2 Å². The largest absolute Gasteiger partial charge is 0.316 e. The maximum absolute atomic E-state index is 12.1. The third-order valence-corrected chi connectivity index (χ3v) is 4.31. The predicted molar refractivity (Wildman–Crippen MR) is 106 cm³/mol. The van der Waals surface area contributed by atoms with Crippen molar-refractivity contribution in [2.24, 2.45) is 5.10 Å². The number of nitro benzene ring substituents is 1. The zero-order valence-corrected chi connectivity index (χ0v) is 15.5. The van der Waals surface area contributed by atoms with E-state index in [9.17, 15) is 14.9 Å². The van der Waals surface area contributed by atoms with Crippen LogP contribution in [0.15, 0.2) is 60.0 Å². The maximum atomic E-state index is 12.1. The minimum Gasteiger partial charge on any atom is -0.316 e. The summed E-state index contributed by atoms with van der Waals surface area (Å²) in [4.78, 5) is 26.8. The van der Waals surface area contributed by atoms with Crippen LogP contribution >= 0.6 is 0 Å². The fraction of sp³-hybridized carbons (Fsp3) is 0.150. The first-order valence-corrected chi connectivity index (χ1v) is 8.61. The third kappa shape index (κ3) is 4.12. The summed E-state index contributed by atoms with van der Waals surface area (Å²) < 4.78 is 2.05. The second-order valence-electron chi connectivity index (χ2n) is 6.23. The Labute approximate surface area is 161 Å². The van der Waals surface area contributed by atoms with Gasteiger partial charge in [0.25, 0.3) is 5.69 Å². The molecule has 8 heteroatoms. The molecule has 0 aliphatic rings. The van der Waals surface area contributed by atoms with E-state index < -0.39 is 10.8 Å². The van der Waals surface area contributed by atoms with Gasteiger partial charge in [0.1, 0.15) is 0 Å². The minimum atomic E-state index is -0.501. The highest BCUT2D eigenvalue weighted by molar-refractivity contribution is 5.85. The summed E-state index contributed by atoms with van der Waals surface area (Å²) in [5, 5.41) is 15.0. The summed E-state index contributed by atoms with van der Waals surface area (Å²) >= 11 is 0. The molecule has 1 aromatic carbocycles. The summed E-state index contributed by atoms with van der Waals surface area (Å²) in [5.41, 5.74) is 6.46. The number of benzene rings is 1. The summed E-state index contributed by atoms with van der Waals surface area (Å²) in [5.74, 6) is -0.424. The van der Waals surface area contributed by atoms with Gasteiger partial charge in [-0.05, 0) is 32.0 Å². The molecule has 0 saturated heterocycles. The molecule has 8 nitrogen and oxygen atoms in total. The number of rotatable bonds is 6. The van der Waals surface area contributed by atoms with Crippen LogP contribution in [0.2, 0.25) is 0 Å². The average Bonchev–Trinajstić information content (AvgIpc) is 2.96. The van der Waals surface area contributed by atoms with Crippen LogP contribution in [-0.2, 0) is 11.2 Å². The van der Waals surface area contributed by atoms with Gasteiger partial charge in [0.2, 0.25) is 5.91 Å². The van der Waals surface area contributed by atoms with Crippen molar-refractivity contribution < 1.29 is 9.72 Å². The number of pyridine rings is 1. The van der Waals surface area contributed by atoms with Gasteiger partial charge in [0.05, 0.1) is 29.4 Å². The van der Waals surface area contributed by atoms with Crippen molar-refractivity contribution >= 4 is 17.8 Å². The van der Waals surface area contributed by atoms with Gasteiger partial charge in [-0.25, -0.2) is 5.43 Å². The molecule has 1 amide bonds. The first kappa shape index (κ1) is 19.0. The first-order valence-electron chi connectivity index (χ1n) is 8.61. The molecule has 3 rings (SSSR count). The van der Waals surface area contributed by atoms with Crippen LogP contribution in [0, 0.1) is 24.0 Å². The number of hydrogen-bond donors (Lipinski definition) is 1. The van der Waals surface area contributed by atoms with Gasteiger partial charge in [-0.2, -0.15) is 5.10 Å². The summed E-state index contributed by atoms with van der Waals surface area (Å²) in [7, 11) is 0. The van der Waals surface area contributed by atoms with Crippen molar-refractivity contribution in [3.63, 3.8) is 0 Å². The first-order chi connectivity index (χ1) is 13.5. The van der Waals surface area contributed by atoms with Gasteiger partial charge < -0.3 is 4.57 Å². The molecule has 0 fully saturated rings. The minimum absolute atomic E-state index is 0.0818. The quantitative estimate of drug-likeness (QED) is 0.405. The average molecular weight is 377 g/mol. The van der Waals surface area contributed by atoms with Crippen LogP contribution in [0.4, 0.5) is 5.69 Å². The predicted octanol–water partition coefficient (Wildman–Crippen LogP) is 3.09. The standard InChI is InChI=1S/C20H19N5O3/c1-14-10-17(15(2)24(14)18-7-5-9-21-13-18)12-22-23-20(26)11-16-6-3-4-8-19(16)25(27)28/h3-10,12-13H,11H2,1-2H3,(H,23,26). The number of aryl methyl sites for hydroxylation is 1. The SMILES string of the molecule is Cc1cc(C=NNC(=O)Cc2ccccc2[N+](=O)[O-])c(C)n1-c1cccnc1. The molecule has 0 atom stereocenters. The lowest BCUT2D eigenvalue weighted by atomic mass is 10.1. The van der Waals surface area contributed by atoms with Gasteiger partial charge in [-0.15, -0.1) is 0 Å². The number of nitrogens with zero attached hydrogens (tertiary/aromatic N) is 4. The number of nitrogens with one attached hydrogen (secondary N) is 1. The maximum Gasteiger partial charge on any atom is 0.273 e. The Morgan fingerprint density at radius 2 is 2.07 bits per heavy atom. The Kier molecular flexibility index (Phi) is 5.59. The molecule has 1 N–H and O–H groups in total. The lowest BCUT2D eigenvalue weighted by Gasteiger charge is -2.08. The van der Waals surface area contributed by atoms with Crippen molar-refractivity contribution in [1.82, 2.24) is 15.0 Å². The number of carbonyl (C=O) groups excluding carboxylic acids is 1. The van der Waals surface area contributed by atoms with E-state index in [1.54, 1.807) is 36.8 Å². The van der Waals surface area contributed by atoms with Gasteiger partial charge in [0.15, 0.2) is 0 Å².